The molecule has 0 saturated carbocycles. The maximum atomic E-state index is 11.3. The van der Waals surface area contributed by atoms with E-state index in [1.807, 2.05) is 18.2 Å². The average Bonchev–Trinajstić information content (AvgIpc) is 2.36. The number of nitrogens with zero attached hydrogens (tertiary/aromatic N) is 1. The predicted octanol–water partition coefficient (Wildman–Crippen LogP) is 0.201. The van der Waals surface area contributed by atoms with Crippen LogP contribution in [0.25, 0.3) is 11.3 Å². The van der Waals surface area contributed by atoms with Crippen LogP contribution in [0.5, 0.6) is 0 Å². The first-order chi connectivity index (χ1) is 8.63. The third-order valence-corrected chi connectivity index (χ3v) is 2.58. The molecule has 18 heavy (non-hydrogen) atoms. The van der Waals surface area contributed by atoms with Crippen LogP contribution in [0.2, 0.25) is 0 Å². The number of nitrogen functional groups attached to an aromatic ring is 1. The van der Waals surface area contributed by atoms with Crippen LogP contribution in [0.1, 0.15) is 11.1 Å². The van der Waals surface area contributed by atoms with Crippen LogP contribution in [0.3, 0.4) is 0 Å². The summed E-state index contributed by atoms with van der Waals surface area (Å²) < 4.78 is 5.24. The van der Waals surface area contributed by atoms with Crippen molar-refractivity contribution >= 4 is 6.01 Å². The molecular formula is C12H14N4O2. The van der Waals surface area contributed by atoms with Gasteiger partial charge in [0.15, 0.2) is 0 Å². The van der Waals surface area contributed by atoms with E-state index in [2.05, 4.69) is 4.98 Å². The van der Waals surface area contributed by atoms with Crippen LogP contribution in [-0.2, 0) is 13.1 Å². The largest absolute Gasteiger partial charge is 0.425 e. The van der Waals surface area contributed by atoms with Crippen LogP contribution in [-0.4, -0.2) is 4.98 Å². The van der Waals surface area contributed by atoms with Crippen molar-refractivity contribution < 1.29 is 4.42 Å². The number of anilines is 1. The first-order valence-corrected chi connectivity index (χ1v) is 5.44. The molecular weight excluding hydrogens is 232 g/mol. The molecule has 6 nitrogen and oxygen atoms in total. The van der Waals surface area contributed by atoms with E-state index in [9.17, 15) is 4.79 Å². The zero-order chi connectivity index (χ0) is 13.1. The third kappa shape index (κ3) is 2.39. The van der Waals surface area contributed by atoms with Gasteiger partial charge in [-0.1, -0.05) is 18.2 Å². The summed E-state index contributed by atoms with van der Waals surface area (Å²) in [7, 11) is 0. The van der Waals surface area contributed by atoms with Crippen LogP contribution in [0.4, 0.5) is 6.01 Å². The van der Waals surface area contributed by atoms with Gasteiger partial charge < -0.3 is 21.6 Å². The monoisotopic (exact) mass is 246 g/mol. The SMILES string of the molecule is NCc1ccc(-c2cc(=O)nc(N)o2)c(CN)c1. The van der Waals surface area contributed by atoms with Gasteiger partial charge in [0.05, 0.1) is 0 Å². The normalized spacial score (nSPS) is 10.6. The number of hydrogen-bond donors (Lipinski definition) is 3. The Morgan fingerprint density at radius 1 is 1.17 bits per heavy atom. The lowest BCUT2D eigenvalue weighted by Crippen LogP contribution is -2.09. The summed E-state index contributed by atoms with van der Waals surface area (Å²) in [6.07, 6.45) is 0. The molecule has 6 N–H and O–H groups in total. The molecule has 0 fully saturated rings. The maximum absolute atomic E-state index is 11.3. The van der Waals surface area contributed by atoms with Crippen LogP contribution in [0, 0.1) is 0 Å². The number of nitrogens with two attached hydrogens (primary N) is 3. The zero-order valence-corrected chi connectivity index (χ0v) is 9.72. The molecule has 0 unspecified atom stereocenters. The van der Waals surface area contributed by atoms with Gasteiger partial charge in [-0.25, -0.2) is 0 Å². The molecule has 0 saturated heterocycles. The van der Waals surface area contributed by atoms with Crippen molar-refractivity contribution in [2.45, 2.75) is 13.1 Å². The lowest BCUT2D eigenvalue weighted by atomic mass is 10.0. The summed E-state index contributed by atoms with van der Waals surface area (Å²) in [4.78, 5) is 14.8. The Labute approximate surface area is 103 Å². The second-order valence-electron chi connectivity index (χ2n) is 3.80. The van der Waals surface area contributed by atoms with Crippen LogP contribution < -0.4 is 22.8 Å². The molecule has 1 heterocycles. The fraction of sp³-hybridized carbons (Fsp3) is 0.167. The fourth-order valence-electron chi connectivity index (χ4n) is 1.73. The molecule has 0 amide bonds. The molecule has 6 heteroatoms. The molecule has 2 aromatic rings. The molecule has 2 rings (SSSR count). The van der Waals surface area contributed by atoms with E-state index in [-0.39, 0.29) is 6.01 Å². The lowest BCUT2D eigenvalue weighted by molar-refractivity contribution is 0.563. The van der Waals surface area contributed by atoms with Gasteiger partial charge in [-0.3, -0.25) is 4.79 Å². The summed E-state index contributed by atoms with van der Waals surface area (Å²) in [5.74, 6) is 0.358. The standard InChI is InChI=1S/C12H14N4O2/c13-5-7-1-2-9(8(3-7)6-14)10-4-11(17)16-12(15)18-10/h1-4H,5-6,13-14H2,(H2,15,16,17). The Bertz CT molecular complexity index is 622. The second-order valence-corrected chi connectivity index (χ2v) is 3.80. The Balaban J connectivity index is 2.59. The van der Waals surface area contributed by atoms with Gasteiger partial charge >= 0.3 is 0 Å². The van der Waals surface area contributed by atoms with Crippen molar-refractivity contribution in [1.82, 2.24) is 4.98 Å². The molecule has 1 aromatic heterocycles. The number of aromatic nitrogens is 1. The van der Waals surface area contributed by atoms with Crippen molar-refractivity contribution in [3.63, 3.8) is 0 Å². The Morgan fingerprint density at radius 3 is 2.56 bits per heavy atom. The number of benzene rings is 1. The van der Waals surface area contributed by atoms with Crippen molar-refractivity contribution in [3.8, 4) is 11.3 Å². The highest BCUT2D eigenvalue weighted by Gasteiger charge is 2.09. The van der Waals surface area contributed by atoms with Crippen molar-refractivity contribution in [1.29, 1.82) is 0 Å². The molecule has 0 atom stereocenters. The van der Waals surface area contributed by atoms with Crippen molar-refractivity contribution in [3.05, 3.63) is 45.7 Å². The minimum Gasteiger partial charge on any atom is -0.425 e. The van der Waals surface area contributed by atoms with Gasteiger partial charge in [0, 0.05) is 24.7 Å². The second kappa shape index (κ2) is 4.99. The lowest BCUT2D eigenvalue weighted by Gasteiger charge is -2.08. The van der Waals surface area contributed by atoms with Gasteiger partial charge in [-0.15, -0.1) is 0 Å². The molecule has 0 aliphatic heterocycles. The minimum atomic E-state index is -0.445. The number of hydrogen-bond acceptors (Lipinski definition) is 6. The summed E-state index contributed by atoms with van der Waals surface area (Å²) in [6.45, 7) is 0.741. The Morgan fingerprint density at radius 2 is 1.94 bits per heavy atom. The minimum absolute atomic E-state index is 0.164. The molecule has 0 bridgehead atoms. The molecule has 94 valence electrons. The highest BCUT2D eigenvalue weighted by atomic mass is 16.4. The van der Waals surface area contributed by atoms with Gasteiger partial charge in [0.2, 0.25) is 0 Å². The van der Waals surface area contributed by atoms with E-state index >= 15 is 0 Å². The Kier molecular flexibility index (Phi) is 3.40. The highest BCUT2D eigenvalue weighted by Crippen LogP contribution is 2.24. The summed E-state index contributed by atoms with van der Waals surface area (Å²) >= 11 is 0. The first-order valence-electron chi connectivity index (χ1n) is 5.44. The molecule has 0 aliphatic carbocycles. The smallest absolute Gasteiger partial charge is 0.295 e. The van der Waals surface area contributed by atoms with Gasteiger partial charge in [0.1, 0.15) is 5.76 Å². The number of rotatable bonds is 3. The summed E-state index contributed by atoms with van der Waals surface area (Å²) in [5.41, 5.74) is 18.7. The summed E-state index contributed by atoms with van der Waals surface area (Å²) in [6, 6.07) is 6.66. The maximum Gasteiger partial charge on any atom is 0.295 e. The summed E-state index contributed by atoms with van der Waals surface area (Å²) in [5, 5.41) is 0. The quantitative estimate of drug-likeness (QED) is 0.711. The molecule has 0 radical (unpaired) electrons. The first kappa shape index (κ1) is 12.3. The van der Waals surface area contributed by atoms with E-state index < -0.39 is 5.56 Å². The molecule has 0 spiro atoms. The van der Waals surface area contributed by atoms with Crippen molar-refractivity contribution in [2.75, 3.05) is 5.73 Å². The topological polar surface area (TPSA) is 121 Å². The third-order valence-electron chi connectivity index (χ3n) is 2.58. The van der Waals surface area contributed by atoms with Gasteiger partial charge in [-0.05, 0) is 11.1 Å². The fourth-order valence-corrected chi connectivity index (χ4v) is 1.73. The van der Waals surface area contributed by atoms with E-state index in [1.54, 1.807) is 0 Å². The predicted molar refractivity (Wildman–Crippen MR) is 68.4 cm³/mol. The van der Waals surface area contributed by atoms with Crippen molar-refractivity contribution in [2.24, 2.45) is 11.5 Å². The van der Waals surface area contributed by atoms with Crippen LogP contribution >= 0.6 is 0 Å². The van der Waals surface area contributed by atoms with E-state index in [0.717, 1.165) is 16.7 Å². The highest BCUT2D eigenvalue weighted by molar-refractivity contribution is 5.62. The Hall–Kier alpha value is -2.18. The van der Waals surface area contributed by atoms with E-state index in [0.29, 0.717) is 18.8 Å². The van der Waals surface area contributed by atoms with E-state index in [4.69, 9.17) is 21.6 Å². The van der Waals surface area contributed by atoms with Crippen LogP contribution in [0.15, 0.2) is 33.5 Å². The molecule has 1 aromatic carbocycles. The van der Waals surface area contributed by atoms with Gasteiger partial charge in [0.25, 0.3) is 11.6 Å². The van der Waals surface area contributed by atoms with E-state index in [1.165, 1.54) is 6.07 Å². The molecule has 0 aliphatic rings. The van der Waals surface area contributed by atoms with Gasteiger partial charge in [-0.2, -0.15) is 4.98 Å². The average molecular weight is 246 g/mol. The zero-order valence-electron chi connectivity index (χ0n) is 9.72.